The van der Waals surface area contributed by atoms with E-state index < -0.39 is 11.9 Å². The summed E-state index contributed by atoms with van der Waals surface area (Å²) in [6.07, 6.45) is -1.03. The van der Waals surface area contributed by atoms with E-state index in [1.807, 2.05) is 26.0 Å². The van der Waals surface area contributed by atoms with Crippen molar-refractivity contribution in [2.24, 2.45) is 0 Å². The summed E-state index contributed by atoms with van der Waals surface area (Å²) in [7, 11) is 1.54. The van der Waals surface area contributed by atoms with Gasteiger partial charge >= 0.3 is 0 Å². The number of aliphatic hydroxyl groups is 1. The first-order chi connectivity index (χ1) is 9.02. The maximum absolute atomic E-state index is 13.8. The first kappa shape index (κ1) is 13.6. The second-order valence-corrected chi connectivity index (χ2v) is 4.67. The summed E-state index contributed by atoms with van der Waals surface area (Å²) in [5.74, 6) is 0.147. The third-order valence-electron chi connectivity index (χ3n) is 3.13. The van der Waals surface area contributed by atoms with E-state index in [2.05, 4.69) is 0 Å². The van der Waals surface area contributed by atoms with Crippen molar-refractivity contribution in [3.63, 3.8) is 0 Å². The van der Waals surface area contributed by atoms with E-state index in [9.17, 15) is 9.50 Å². The van der Waals surface area contributed by atoms with E-state index in [1.165, 1.54) is 13.2 Å². The summed E-state index contributed by atoms with van der Waals surface area (Å²) >= 11 is 0. The molecule has 0 spiro atoms. The number of hydrogen-bond donors (Lipinski definition) is 1. The summed E-state index contributed by atoms with van der Waals surface area (Å²) in [6, 6.07) is 10.2. The molecule has 3 heteroatoms. The molecular weight excluding hydrogens is 243 g/mol. The van der Waals surface area contributed by atoms with Crippen LogP contribution in [-0.4, -0.2) is 12.2 Å². The molecule has 2 rings (SSSR count). The molecule has 0 fully saturated rings. The molecular formula is C16H17FO2. The fraction of sp³-hybridized carbons (Fsp3) is 0.250. The van der Waals surface area contributed by atoms with Crippen molar-refractivity contribution in [3.8, 4) is 5.75 Å². The van der Waals surface area contributed by atoms with Gasteiger partial charge in [-0.1, -0.05) is 29.8 Å². The van der Waals surface area contributed by atoms with Gasteiger partial charge in [0.2, 0.25) is 0 Å². The van der Waals surface area contributed by atoms with Gasteiger partial charge in [-0.15, -0.1) is 0 Å². The van der Waals surface area contributed by atoms with Crippen LogP contribution < -0.4 is 4.74 Å². The van der Waals surface area contributed by atoms with Crippen LogP contribution >= 0.6 is 0 Å². The highest BCUT2D eigenvalue weighted by atomic mass is 19.1. The van der Waals surface area contributed by atoms with Crippen LogP contribution in [0.2, 0.25) is 0 Å². The van der Waals surface area contributed by atoms with Crippen LogP contribution in [-0.2, 0) is 0 Å². The van der Waals surface area contributed by atoms with Crippen molar-refractivity contribution < 1.29 is 14.2 Å². The molecule has 100 valence electrons. The molecule has 0 aliphatic rings. The maximum atomic E-state index is 13.8. The first-order valence-electron chi connectivity index (χ1n) is 6.11. The minimum absolute atomic E-state index is 0.266. The highest BCUT2D eigenvalue weighted by Gasteiger charge is 2.19. The van der Waals surface area contributed by atoms with E-state index in [0.29, 0.717) is 11.3 Å². The number of aliphatic hydroxyl groups excluding tert-OH is 1. The molecule has 0 amide bonds. The Hall–Kier alpha value is -1.87. The Kier molecular flexibility index (Phi) is 3.86. The van der Waals surface area contributed by atoms with Crippen LogP contribution in [0.15, 0.2) is 36.4 Å². The third kappa shape index (κ3) is 2.76. The van der Waals surface area contributed by atoms with E-state index in [-0.39, 0.29) is 5.56 Å². The predicted molar refractivity (Wildman–Crippen MR) is 72.9 cm³/mol. The van der Waals surface area contributed by atoms with E-state index >= 15 is 0 Å². The number of hydrogen-bond acceptors (Lipinski definition) is 2. The molecule has 0 saturated carbocycles. The van der Waals surface area contributed by atoms with Crippen LogP contribution in [0, 0.1) is 19.7 Å². The second kappa shape index (κ2) is 5.41. The van der Waals surface area contributed by atoms with E-state index in [0.717, 1.165) is 11.1 Å². The smallest absolute Gasteiger partial charge is 0.129 e. The lowest BCUT2D eigenvalue weighted by Crippen LogP contribution is -2.05. The number of rotatable bonds is 3. The molecule has 2 nitrogen and oxygen atoms in total. The SMILES string of the molecule is COc1cc(C)ccc1C(O)c1cc(C)ccc1F. The monoisotopic (exact) mass is 260 g/mol. The van der Waals surface area contributed by atoms with Gasteiger partial charge in [0, 0.05) is 11.1 Å². The van der Waals surface area contributed by atoms with Crippen LogP contribution in [0.5, 0.6) is 5.75 Å². The Balaban J connectivity index is 2.49. The number of ether oxygens (including phenoxy) is 1. The van der Waals surface area contributed by atoms with Crippen molar-refractivity contribution >= 4 is 0 Å². The summed E-state index contributed by atoms with van der Waals surface area (Å²) in [5.41, 5.74) is 2.76. The van der Waals surface area contributed by atoms with Gasteiger partial charge in [0.25, 0.3) is 0 Å². The molecule has 2 aromatic carbocycles. The normalized spacial score (nSPS) is 12.3. The van der Waals surface area contributed by atoms with Crippen LogP contribution in [0.4, 0.5) is 4.39 Å². The third-order valence-corrected chi connectivity index (χ3v) is 3.13. The standard InChI is InChI=1S/C16H17FO2/c1-10-5-7-14(17)13(8-10)16(18)12-6-4-11(2)9-15(12)19-3/h4-9,16,18H,1-3H3. The minimum atomic E-state index is -1.03. The Morgan fingerprint density at radius 3 is 2.32 bits per heavy atom. The van der Waals surface area contributed by atoms with Crippen molar-refractivity contribution in [2.45, 2.75) is 20.0 Å². The van der Waals surface area contributed by atoms with Gasteiger partial charge in [-0.2, -0.15) is 0 Å². The maximum Gasteiger partial charge on any atom is 0.129 e. The summed E-state index contributed by atoms with van der Waals surface area (Å²) in [4.78, 5) is 0. The number of aryl methyl sites for hydroxylation is 2. The Bertz CT molecular complexity index is 593. The molecule has 1 N–H and O–H groups in total. The fourth-order valence-corrected chi connectivity index (χ4v) is 2.08. The number of benzene rings is 2. The molecule has 1 unspecified atom stereocenters. The molecule has 2 aromatic rings. The lowest BCUT2D eigenvalue weighted by Gasteiger charge is -2.16. The van der Waals surface area contributed by atoms with Crippen LogP contribution in [0.1, 0.15) is 28.4 Å². The van der Waals surface area contributed by atoms with Gasteiger partial charge in [-0.3, -0.25) is 0 Å². The van der Waals surface area contributed by atoms with Crippen molar-refractivity contribution in [1.29, 1.82) is 0 Å². The summed E-state index contributed by atoms with van der Waals surface area (Å²) < 4.78 is 19.1. The Morgan fingerprint density at radius 1 is 1.00 bits per heavy atom. The fourth-order valence-electron chi connectivity index (χ4n) is 2.08. The quantitative estimate of drug-likeness (QED) is 0.914. The molecule has 0 saturated heterocycles. The first-order valence-corrected chi connectivity index (χ1v) is 6.11. The van der Waals surface area contributed by atoms with Gasteiger partial charge in [-0.05, 0) is 31.5 Å². The highest BCUT2D eigenvalue weighted by molar-refractivity contribution is 5.43. The van der Waals surface area contributed by atoms with Gasteiger partial charge < -0.3 is 9.84 Å². The zero-order valence-electron chi connectivity index (χ0n) is 11.3. The zero-order chi connectivity index (χ0) is 14.0. The molecule has 19 heavy (non-hydrogen) atoms. The Morgan fingerprint density at radius 2 is 1.63 bits per heavy atom. The zero-order valence-corrected chi connectivity index (χ0v) is 11.3. The van der Waals surface area contributed by atoms with Crippen molar-refractivity contribution in [2.75, 3.05) is 7.11 Å². The van der Waals surface area contributed by atoms with Crippen molar-refractivity contribution in [3.05, 3.63) is 64.5 Å². The molecule has 0 heterocycles. The molecule has 0 aliphatic heterocycles. The number of methoxy groups -OCH3 is 1. The summed E-state index contributed by atoms with van der Waals surface area (Å²) in [5, 5.41) is 10.4. The topological polar surface area (TPSA) is 29.5 Å². The molecule has 0 aromatic heterocycles. The Labute approximate surface area is 112 Å². The highest BCUT2D eigenvalue weighted by Crippen LogP contribution is 2.32. The average Bonchev–Trinajstić information content (AvgIpc) is 2.40. The summed E-state index contributed by atoms with van der Waals surface area (Å²) in [6.45, 7) is 3.80. The minimum Gasteiger partial charge on any atom is -0.496 e. The lowest BCUT2D eigenvalue weighted by molar-refractivity contribution is 0.209. The second-order valence-electron chi connectivity index (χ2n) is 4.67. The van der Waals surface area contributed by atoms with Crippen LogP contribution in [0.25, 0.3) is 0 Å². The lowest BCUT2D eigenvalue weighted by atomic mass is 9.97. The molecule has 0 radical (unpaired) electrons. The van der Waals surface area contributed by atoms with E-state index in [4.69, 9.17) is 4.74 Å². The largest absolute Gasteiger partial charge is 0.496 e. The van der Waals surface area contributed by atoms with Crippen molar-refractivity contribution in [1.82, 2.24) is 0 Å². The predicted octanol–water partition coefficient (Wildman–Crippen LogP) is 3.53. The average molecular weight is 260 g/mol. The molecule has 0 aliphatic carbocycles. The van der Waals surface area contributed by atoms with Gasteiger partial charge in [-0.25, -0.2) is 4.39 Å². The molecule has 1 atom stereocenters. The molecule has 0 bridgehead atoms. The van der Waals surface area contributed by atoms with Gasteiger partial charge in [0.15, 0.2) is 0 Å². The van der Waals surface area contributed by atoms with Gasteiger partial charge in [0.1, 0.15) is 17.7 Å². The van der Waals surface area contributed by atoms with Crippen LogP contribution in [0.3, 0.4) is 0 Å². The number of halogens is 1. The van der Waals surface area contributed by atoms with Gasteiger partial charge in [0.05, 0.1) is 7.11 Å². The van der Waals surface area contributed by atoms with E-state index in [1.54, 1.807) is 18.2 Å².